The molecule has 0 radical (unpaired) electrons. The highest BCUT2D eigenvalue weighted by Gasteiger charge is 2.18. The fraction of sp³-hybridized carbons (Fsp3) is 0.333. The van der Waals surface area contributed by atoms with E-state index in [1.54, 1.807) is 6.92 Å². The van der Waals surface area contributed by atoms with E-state index in [1.165, 1.54) is 12.1 Å². The molecule has 1 rings (SSSR count). The lowest BCUT2D eigenvalue weighted by atomic mass is 10.4. The summed E-state index contributed by atoms with van der Waals surface area (Å²) < 4.78 is 59.5. The van der Waals surface area contributed by atoms with Gasteiger partial charge in [0.15, 0.2) is 0 Å². The van der Waals surface area contributed by atoms with Crippen LogP contribution in [0.4, 0.5) is 3.89 Å². The third kappa shape index (κ3) is 3.76. The second-order valence-electron chi connectivity index (χ2n) is 3.31. The molecule has 0 atom stereocenters. The van der Waals surface area contributed by atoms with Crippen LogP contribution in [0.1, 0.15) is 13.3 Å². The van der Waals surface area contributed by atoms with Gasteiger partial charge in [-0.3, -0.25) is 0 Å². The first-order valence-corrected chi connectivity index (χ1v) is 7.68. The SMILES string of the molecule is CCCNS(=O)(=O)c1cccc(S(=O)(=O)F)c1. The maximum atomic E-state index is 12.7. The largest absolute Gasteiger partial charge is 0.332 e. The third-order valence-electron chi connectivity index (χ3n) is 1.94. The fourth-order valence-electron chi connectivity index (χ4n) is 1.11. The van der Waals surface area contributed by atoms with E-state index in [1.807, 2.05) is 0 Å². The first-order valence-electron chi connectivity index (χ1n) is 4.82. The molecule has 0 aliphatic heterocycles. The highest BCUT2D eigenvalue weighted by Crippen LogP contribution is 2.17. The lowest BCUT2D eigenvalue weighted by Crippen LogP contribution is -2.24. The molecule has 0 amide bonds. The highest BCUT2D eigenvalue weighted by atomic mass is 32.3. The second-order valence-corrected chi connectivity index (χ2v) is 6.42. The van der Waals surface area contributed by atoms with Crippen molar-refractivity contribution in [1.29, 1.82) is 0 Å². The molecule has 0 unspecified atom stereocenters. The summed E-state index contributed by atoms with van der Waals surface area (Å²) in [5, 5.41) is 0. The molecule has 8 heteroatoms. The van der Waals surface area contributed by atoms with Crippen molar-refractivity contribution in [3.8, 4) is 0 Å². The summed E-state index contributed by atoms with van der Waals surface area (Å²) in [6, 6.07) is 4.15. The van der Waals surface area contributed by atoms with Crippen LogP contribution >= 0.6 is 0 Å². The Bertz CT molecular complexity index is 595. The Kier molecular flexibility index (Phi) is 4.23. The van der Waals surface area contributed by atoms with Gasteiger partial charge in [0.05, 0.1) is 9.79 Å². The molecule has 1 aromatic rings. The standard InChI is InChI=1S/C9H12FNO4S2/c1-2-6-11-17(14,15)9-5-3-4-8(7-9)16(10,12)13/h3-5,7,11H,2,6H2,1H3. The van der Waals surface area contributed by atoms with Crippen molar-refractivity contribution in [2.75, 3.05) is 6.54 Å². The Labute approximate surface area is 99.9 Å². The maximum Gasteiger partial charge on any atom is 0.332 e. The third-order valence-corrected chi connectivity index (χ3v) is 4.22. The van der Waals surface area contributed by atoms with E-state index in [0.717, 1.165) is 12.1 Å². The number of sulfonamides is 1. The van der Waals surface area contributed by atoms with Gasteiger partial charge < -0.3 is 0 Å². The van der Waals surface area contributed by atoms with E-state index >= 15 is 0 Å². The number of benzene rings is 1. The smallest absolute Gasteiger partial charge is 0.211 e. The lowest BCUT2D eigenvalue weighted by Gasteiger charge is -2.05. The topological polar surface area (TPSA) is 80.3 Å². The molecule has 1 aromatic carbocycles. The van der Waals surface area contributed by atoms with Gasteiger partial charge >= 0.3 is 10.2 Å². The number of hydrogen-bond donors (Lipinski definition) is 1. The van der Waals surface area contributed by atoms with Crippen LogP contribution in [-0.2, 0) is 20.2 Å². The van der Waals surface area contributed by atoms with Crippen molar-refractivity contribution < 1.29 is 20.7 Å². The molecule has 0 saturated heterocycles. The van der Waals surface area contributed by atoms with Crippen LogP contribution in [0.5, 0.6) is 0 Å². The Morgan fingerprint density at radius 1 is 1.18 bits per heavy atom. The average molecular weight is 281 g/mol. The summed E-state index contributed by atoms with van der Waals surface area (Å²) >= 11 is 0. The molecule has 0 aliphatic carbocycles. The Balaban J connectivity index is 3.17. The molecule has 0 heterocycles. The lowest BCUT2D eigenvalue weighted by molar-refractivity contribution is 0.551. The number of halogens is 1. The molecule has 0 aromatic heterocycles. The molecule has 17 heavy (non-hydrogen) atoms. The molecule has 0 fully saturated rings. The zero-order valence-corrected chi connectivity index (χ0v) is 10.7. The average Bonchev–Trinajstić information content (AvgIpc) is 2.25. The summed E-state index contributed by atoms with van der Waals surface area (Å²) in [6.45, 7) is 2.01. The van der Waals surface area contributed by atoms with Crippen molar-refractivity contribution in [2.45, 2.75) is 23.1 Å². The normalized spacial score (nSPS) is 12.6. The van der Waals surface area contributed by atoms with Crippen LogP contribution in [0.2, 0.25) is 0 Å². The van der Waals surface area contributed by atoms with Gasteiger partial charge in [0.2, 0.25) is 10.0 Å². The molecule has 0 saturated carbocycles. The summed E-state index contributed by atoms with van der Waals surface area (Å²) in [6.07, 6.45) is 0.598. The van der Waals surface area contributed by atoms with E-state index in [0.29, 0.717) is 6.42 Å². The molecular formula is C9H12FNO4S2. The summed E-state index contributed by atoms with van der Waals surface area (Å²) in [5.41, 5.74) is 0. The Morgan fingerprint density at radius 2 is 1.76 bits per heavy atom. The minimum atomic E-state index is -4.90. The minimum absolute atomic E-state index is 0.231. The first-order chi connectivity index (χ1) is 7.77. The van der Waals surface area contributed by atoms with Crippen molar-refractivity contribution in [2.24, 2.45) is 0 Å². The Morgan fingerprint density at radius 3 is 2.29 bits per heavy atom. The van der Waals surface area contributed by atoms with Gasteiger partial charge in [0.25, 0.3) is 0 Å². The van der Waals surface area contributed by atoms with E-state index in [2.05, 4.69) is 4.72 Å². The van der Waals surface area contributed by atoms with Crippen LogP contribution in [-0.4, -0.2) is 23.4 Å². The molecule has 96 valence electrons. The van der Waals surface area contributed by atoms with Gasteiger partial charge in [-0.15, -0.1) is 3.89 Å². The van der Waals surface area contributed by atoms with Gasteiger partial charge in [0, 0.05) is 6.54 Å². The molecule has 0 bridgehead atoms. The van der Waals surface area contributed by atoms with Crippen LogP contribution in [0.3, 0.4) is 0 Å². The molecule has 1 N–H and O–H groups in total. The molecule has 0 aliphatic rings. The van der Waals surface area contributed by atoms with Crippen LogP contribution in [0, 0.1) is 0 Å². The van der Waals surface area contributed by atoms with Crippen molar-refractivity contribution >= 4 is 20.2 Å². The predicted molar refractivity (Wildman–Crippen MR) is 60.2 cm³/mol. The van der Waals surface area contributed by atoms with Crippen LogP contribution in [0.15, 0.2) is 34.1 Å². The number of nitrogens with one attached hydrogen (secondary N) is 1. The van der Waals surface area contributed by atoms with Gasteiger partial charge in [-0.2, -0.15) is 8.42 Å². The van der Waals surface area contributed by atoms with Crippen LogP contribution in [0.25, 0.3) is 0 Å². The van der Waals surface area contributed by atoms with Crippen molar-refractivity contribution in [3.05, 3.63) is 24.3 Å². The van der Waals surface area contributed by atoms with Gasteiger partial charge in [0.1, 0.15) is 0 Å². The zero-order valence-electron chi connectivity index (χ0n) is 9.05. The van der Waals surface area contributed by atoms with Crippen molar-refractivity contribution in [1.82, 2.24) is 4.72 Å². The van der Waals surface area contributed by atoms with Gasteiger partial charge in [-0.25, -0.2) is 13.1 Å². The van der Waals surface area contributed by atoms with Gasteiger partial charge in [-0.05, 0) is 24.6 Å². The summed E-state index contributed by atoms with van der Waals surface area (Å²) in [4.78, 5) is -0.943. The second kappa shape index (κ2) is 5.11. The zero-order chi connectivity index (χ0) is 13.1. The first kappa shape index (κ1) is 14.1. The van der Waals surface area contributed by atoms with E-state index in [9.17, 15) is 20.7 Å². The van der Waals surface area contributed by atoms with Crippen LogP contribution < -0.4 is 4.72 Å². The molecular weight excluding hydrogens is 269 g/mol. The fourth-order valence-corrected chi connectivity index (χ4v) is 2.88. The highest BCUT2D eigenvalue weighted by molar-refractivity contribution is 7.89. The molecule has 0 spiro atoms. The number of hydrogen-bond acceptors (Lipinski definition) is 4. The van der Waals surface area contributed by atoms with E-state index in [-0.39, 0.29) is 11.4 Å². The van der Waals surface area contributed by atoms with E-state index < -0.39 is 25.1 Å². The monoisotopic (exact) mass is 281 g/mol. The quantitative estimate of drug-likeness (QED) is 0.817. The molecule has 5 nitrogen and oxygen atoms in total. The van der Waals surface area contributed by atoms with Gasteiger partial charge in [-0.1, -0.05) is 13.0 Å². The number of rotatable bonds is 5. The minimum Gasteiger partial charge on any atom is -0.211 e. The maximum absolute atomic E-state index is 12.7. The van der Waals surface area contributed by atoms with E-state index in [4.69, 9.17) is 0 Å². The summed E-state index contributed by atoms with van der Waals surface area (Å²) in [5.74, 6) is 0. The summed E-state index contributed by atoms with van der Waals surface area (Å²) in [7, 11) is -8.68. The van der Waals surface area contributed by atoms with Crippen molar-refractivity contribution in [3.63, 3.8) is 0 Å². The predicted octanol–water partition coefficient (Wildman–Crippen LogP) is 1.03. The Hall–Kier alpha value is -0.990.